The third-order valence-corrected chi connectivity index (χ3v) is 3.15. The molecule has 0 spiro atoms. The van der Waals surface area contributed by atoms with Crippen LogP contribution in [0.3, 0.4) is 0 Å². The molecule has 2 heterocycles. The van der Waals surface area contributed by atoms with Crippen molar-refractivity contribution in [2.24, 2.45) is 0 Å². The molecule has 3 heteroatoms. The topological polar surface area (TPSA) is 23.6 Å². The molecule has 2 rings (SSSR count). The standard InChI is InChI=1S/C10H18N2O/c1-11-6-2-4-9(8-11)12-7-3-5-10(12)13/h9H,2-8H2,1H3/t9-/m1/s1. The maximum Gasteiger partial charge on any atom is 0.222 e. The summed E-state index contributed by atoms with van der Waals surface area (Å²) in [4.78, 5) is 15.9. The fourth-order valence-corrected chi connectivity index (χ4v) is 2.45. The average molecular weight is 182 g/mol. The number of likely N-dealkylation sites (tertiary alicyclic amines) is 2. The maximum atomic E-state index is 11.5. The van der Waals surface area contributed by atoms with Gasteiger partial charge in [0.2, 0.25) is 5.91 Å². The maximum absolute atomic E-state index is 11.5. The van der Waals surface area contributed by atoms with Crippen LogP contribution in [0.4, 0.5) is 0 Å². The normalized spacial score (nSPS) is 31.3. The number of carbonyl (C=O) groups excluding carboxylic acids is 1. The van der Waals surface area contributed by atoms with Gasteiger partial charge in [-0.05, 0) is 32.9 Å². The van der Waals surface area contributed by atoms with Gasteiger partial charge in [0.15, 0.2) is 0 Å². The summed E-state index contributed by atoms with van der Waals surface area (Å²) in [6.45, 7) is 3.27. The van der Waals surface area contributed by atoms with E-state index in [1.165, 1.54) is 19.4 Å². The highest BCUT2D eigenvalue weighted by Gasteiger charge is 2.29. The molecule has 0 N–H and O–H groups in total. The molecule has 13 heavy (non-hydrogen) atoms. The predicted octanol–water partition coefficient (Wildman–Crippen LogP) is 0.703. The Morgan fingerprint density at radius 1 is 1.31 bits per heavy atom. The summed E-state index contributed by atoms with van der Waals surface area (Å²) < 4.78 is 0. The van der Waals surface area contributed by atoms with Crippen molar-refractivity contribution in [1.82, 2.24) is 9.80 Å². The fourth-order valence-electron chi connectivity index (χ4n) is 2.45. The minimum Gasteiger partial charge on any atom is -0.338 e. The van der Waals surface area contributed by atoms with E-state index in [0.717, 1.165) is 25.9 Å². The molecule has 0 aliphatic carbocycles. The third-order valence-electron chi connectivity index (χ3n) is 3.15. The van der Waals surface area contributed by atoms with Gasteiger partial charge in [-0.15, -0.1) is 0 Å². The van der Waals surface area contributed by atoms with Crippen molar-refractivity contribution in [2.75, 3.05) is 26.7 Å². The van der Waals surface area contributed by atoms with E-state index in [4.69, 9.17) is 0 Å². The second-order valence-corrected chi connectivity index (χ2v) is 4.25. The first-order valence-corrected chi connectivity index (χ1v) is 5.25. The van der Waals surface area contributed by atoms with Crippen molar-refractivity contribution in [3.05, 3.63) is 0 Å². The van der Waals surface area contributed by atoms with Gasteiger partial charge in [-0.1, -0.05) is 0 Å². The van der Waals surface area contributed by atoms with Crippen molar-refractivity contribution in [3.63, 3.8) is 0 Å². The Hall–Kier alpha value is -0.570. The van der Waals surface area contributed by atoms with Crippen LogP contribution in [-0.2, 0) is 4.79 Å². The SMILES string of the molecule is CN1CCC[C@@H](N2CCCC2=O)C1. The van der Waals surface area contributed by atoms with Crippen LogP contribution in [0.15, 0.2) is 0 Å². The van der Waals surface area contributed by atoms with Crippen LogP contribution in [0.5, 0.6) is 0 Å². The molecule has 1 atom stereocenters. The molecular formula is C10H18N2O. The predicted molar refractivity (Wildman–Crippen MR) is 51.5 cm³/mol. The van der Waals surface area contributed by atoms with Gasteiger partial charge in [0.1, 0.15) is 0 Å². The first-order chi connectivity index (χ1) is 6.27. The number of hydrogen-bond acceptors (Lipinski definition) is 2. The monoisotopic (exact) mass is 182 g/mol. The van der Waals surface area contributed by atoms with E-state index in [1.54, 1.807) is 0 Å². The zero-order valence-corrected chi connectivity index (χ0v) is 8.33. The van der Waals surface area contributed by atoms with E-state index in [9.17, 15) is 4.79 Å². The van der Waals surface area contributed by atoms with E-state index < -0.39 is 0 Å². The lowest BCUT2D eigenvalue weighted by Gasteiger charge is -2.35. The van der Waals surface area contributed by atoms with Crippen molar-refractivity contribution >= 4 is 5.91 Å². The summed E-state index contributed by atoms with van der Waals surface area (Å²) in [7, 11) is 2.15. The molecule has 0 aromatic heterocycles. The quantitative estimate of drug-likeness (QED) is 0.596. The first-order valence-electron chi connectivity index (χ1n) is 5.25. The van der Waals surface area contributed by atoms with Gasteiger partial charge in [0.05, 0.1) is 0 Å². The number of piperidine rings is 1. The smallest absolute Gasteiger partial charge is 0.222 e. The highest BCUT2D eigenvalue weighted by molar-refractivity contribution is 5.78. The van der Waals surface area contributed by atoms with Crippen molar-refractivity contribution in [2.45, 2.75) is 31.7 Å². The van der Waals surface area contributed by atoms with E-state index in [2.05, 4.69) is 16.8 Å². The molecule has 0 unspecified atom stereocenters. The molecule has 0 aromatic carbocycles. The molecule has 2 aliphatic heterocycles. The van der Waals surface area contributed by atoms with E-state index in [1.807, 2.05) is 0 Å². The Kier molecular flexibility index (Phi) is 2.54. The molecule has 0 saturated carbocycles. The molecule has 3 nitrogen and oxygen atoms in total. The molecular weight excluding hydrogens is 164 g/mol. The molecule has 0 aromatic rings. The molecule has 2 saturated heterocycles. The fraction of sp³-hybridized carbons (Fsp3) is 0.900. The Bertz CT molecular complexity index is 205. The summed E-state index contributed by atoms with van der Waals surface area (Å²) in [5.41, 5.74) is 0. The highest BCUT2D eigenvalue weighted by Crippen LogP contribution is 2.20. The first kappa shape index (κ1) is 9.00. The van der Waals surface area contributed by atoms with E-state index in [0.29, 0.717) is 11.9 Å². The number of carbonyl (C=O) groups is 1. The van der Waals surface area contributed by atoms with E-state index in [-0.39, 0.29) is 0 Å². The number of rotatable bonds is 1. The minimum absolute atomic E-state index is 0.375. The Morgan fingerprint density at radius 2 is 2.15 bits per heavy atom. The van der Waals surface area contributed by atoms with Gasteiger partial charge in [-0.3, -0.25) is 4.79 Å². The zero-order chi connectivity index (χ0) is 9.26. The number of hydrogen-bond donors (Lipinski definition) is 0. The van der Waals surface area contributed by atoms with Gasteiger partial charge in [0, 0.05) is 25.6 Å². The second kappa shape index (κ2) is 3.66. The lowest BCUT2D eigenvalue weighted by atomic mass is 10.1. The highest BCUT2D eigenvalue weighted by atomic mass is 16.2. The van der Waals surface area contributed by atoms with Crippen molar-refractivity contribution in [1.29, 1.82) is 0 Å². The van der Waals surface area contributed by atoms with Gasteiger partial charge < -0.3 is 9.80 Å². The average Bonchev–Trinajstić information content (AvgIpc) is 2.51. The number of nitrogens with zero attached hydrogens (tertiary/aromatic N) is 2. The van der Waals surface area contributed by atoms with Crippen LogP contribution >= 0.6 is 0 Å². The molecule has 2 fully saturated rings. The number of amides is 1. The van der Waals surface area contributed by atoms with Crippen molar-refractivity contribution < 1.29 is 4.79 Å². The molecule has 74 valence electrons. The largest absolute Gasteiger partial charge is 0.338 e. The summed E-state index contributed by atoms with van der Waals surface area (Å²) >= 11 is 0. The van der Waals surface area contributed by atoms with Gasteiger partial charge in [0.25, 0.3) is 0 Å². The Labute approximate surface area is 79.7 Å². The van der Waals surface area contributed by atoms with Crippen LogP contribution in [0.2, 0.25) is 0 Å². The van der Waals surface area contributed by atoms with Gasteiger partial charge in [-0.25, -0.2) is 0 Å². The lowest BCUT2D eigenvalue weighted by Crippen LogP contribution is -2.47. The summed E-state index contributed by atoms with van der Waals surface area (Å²) in [5, 5.41) is 0. The van der Waals surface area contributed by atoms with Crippen molar-refractivity contribution in [3.8, 4) is 0 Å². The molecule has 0 bridgehead atoms. The number of likely N-dealkylation sites (N-methyl/N-ethyl adjacent to an activating group) is 1. The van der Waals surface area contributed by atoms with Gasteiger partial charge in [-0.2, -0.15) is 0 Å². The summed E-state index contributed by atoms with van der Waals surface area (Å²) in [6, 6.07) is 0.508. The summed E-state index contributed by atoms with van der Waals surface area (Å²) in [6.07, 6.45) is 4.29. The lowest BCUT2D eigenvalue weighted by molar-refractivity contribution is -0.130. The Balaban J connectivity index is 1.95. The molecule has 0 radical (unpaired) electrons. The molecule has 1 amide bonds. The van der Waals surface area contributed by atoms with Gasteiger partial charge >= 0.3 is 0 Å². The van der Waals surface area contributed by atoms with Crippen LogP contribution < -0.4 is 0 Å². The van der Waals surface area contributed by atoms with E-state index >= 15 is 0 Å². The third kappa shape index (κ3) is 1.85. The molecule has 2 aliphatic rings. The van der Waals surface area contributed by atoms with Crippen LogP contribution in [0.25, 0.3) is 0 Å². The van der Waals surface area contributed by atoms with Crippen LogP contribution in [0, 0.1) is 0 Å². The Morgan fingerprint density at radius 3 is 2.77 bits per heavy atom. The zero-order valence-electron chi connectivity index (χ0n) is 8.33. The van der Waals surface area contributed by atoms with Crippen LogP contribution in [0.1, 0.15) is 25.7 Å². The van der Waals surface area contributed by atoms with Crippen LogP contribution in [-0.4, -0.2) is 48.4 Å². The summed E-state index contributed by atoms with van der Waals surface area (Å²) in [5.74, 6) is 0.375. The minimum atomic E-state index is 0.375. The second-order valence-electron chi connectivity index (χ2n) is 4.25.